The molecular weight excluding hydrogens is 378 g/mol. The second-order valence-electron chi connectivity index (χ2n) is 7.90. The van der Waals surface area contributed by atoms with Gasteiger partial charge in [0.2, 0.25) is 12.8 Å². The van der Waals surface area contributed by atoms with E-state index in [1.54, 1.807) is 0 Å². The lowest BCUT2D eigenvalue weighted by molar-refractivity contribution is -0.106. The number of hydrogen-bond acceptors (Lipinski definition) is 5. The smallest absolute Gasteiger partial charge is 0.211 e. The molecule has 0 unspecified atom stereocenters. The average molecular weight is 403 g/mol. The zero-order valence-corrected chi connectivity index (χ0v) is 16.9. The van der Waals surface area contributed by atoms with Crippen LogP contribution in [0.1, 0.15) is 42.0 Å². The van der Waals surface area contributed by atoms with E-state index in [2.05, 4.69) is 33.0 Å². The van der Waals surface area contributed by atoms with Gasteiger partial charge in [-0.05, 0) is 72.7 Å². The van der Waals surface area contributed by atoms with Gasteiger partial charge in [-0.25, -0.2) is 0 Å². The number of carbonyl (C=O) groups is 2. The van der Waals surface area contributed by atoms with Crippen LogP contribution in [-0.2, 0) is 27.8 Å². The molecular formula is C23H25N5O2. The fraction of sp³-hybridized carbons (Fsp3) is 0.304. The molecule has 2 aromatic carbocycles. The van der Waals surface area contributed by atoms with Crippen molar-refractivity contribution in [3.05, 3.63) is 58.7 Å². The minimum Gasteiger partial charge on any atom is -0.329 e. The molecule has 4 N–H and O–H groups in total. The molecule has 2 amide bonds. The Bertz CT molecular complexity index is 980. The molecule has 0 spiro atoms. The highest BCUT2D eigenvalue weighted by Crippen LogP contribution is 2.46. The quantitative estimate of drug-likeness (QED) is 0.619. The molecule has 0 bridgehead atoms. The van der Waals surface area contributed by atoms with Crippen molar-refractivity contribution in [3.8, 4) is 0 Å². The van der Waals surface area contributed by atoms with E-state index in [0.717, 1.165) is 52.2 Å². The Morgan fingerprint density at radius 3 is 2.03 bits per heavy atom. The normalized spacial score (nSPS) is 17.2. The summed E-state index contributed by atoms with van der Waals surface area (Å²) >= 11 is 0. The van der Waals surface area contributed by atoms with E-state index in [-0.39, 0.29) is 6.04 Å². The molecule has 4 rings (SSSR count). The standard InChI is InChI=1S/C23H25N5O2/c1-15(24)12-23(22-8-9-27-28-22)20-6-4-18(25-13-29)10-16(20)2-3-17-11-19(26-14-30)5-7-21(17)23/h4-7,9-11,13-15H,2-3,8,12,24H2,1H3,(H,25,29)(H,26,30)/t15-/m1/s1. The molecule has 1 aliphatic carbocycles. The highest BCUT2D eigenvalue weighted by molar-refractivity contribution is 6.08. The van der Waals surface area contributed by atoms with Crippen molar-refractivity contribution < 1.29 is 9.59 Å². The zero-order chi connectivity index (χ0) is 21.1. The number of rotatable bonds is 7. The van der Waals surface area contributed by atoms with E-state index in [1.165, 1.54) is 0 Å². The van der Waals surface area contributed by atoms with Crippen LogP contribution in [0.5, 0.6) is 0 Å². The second-order valence-corrected chi connectivity index (χ2v) is 7.90. The molecule has 1 atom stereocenters. The number of nitrogens with two attached hydrogens (primary N) is 1. The SMILES string of the molecule is C[C@@H](N)CC1(C2=NN=CC2)c2ccc(NC=O)cc2CCc2cc(NC=O)ccc21. The maximum absolute atomic E-state index is 11.0. The van der Waals surface area contributed by atoms with E-state index in [0.29, 0.717) is 25.7 Å². The lowest BCUT2D eigenvalue weighted by atomic mass is 9.65. The summed E-state index contributed by atoms with van der Waals surface area (Å²) in [6.07, 6.45) is 6.15. The summed E-state index contributed by atoms with van der Waals surface area (Å²) < 4.78 is 0. The molecule has 7 heteroatoms. The fourth-order valence-electron chi connectivity index (χ4n) is 4.83. The van der Waals surface area contributed by atoms with Gasteiger partial charge in [-0.15, -0.1) is 0 Å². The van der Waals surface area contributed by atoms with Gasteiger partial charge in [0.15, 0.2) is 0 Å². The maximum atomic E-state index is 11.0. The van der Waals surface area contributed by atoms with E-state index in [9.17, 15) is 9.59 Å². The second kappa shape index (κ2) is 8.20. The van der Waals surface area contributed by atoms with Gasteiger partial charge in [0.1, 0.15) is 0 Å². The number of nitrogens with one attached hydrogen (secondary N) is 2. The number of amides is 2. The Morgan fingerprint density at radius 2 is 1.60 bits per heavy atom. The van der Waals surface area contributed by atoms with Crippen LogP contribution in [0.15, 0.2) is 46.6 Å². The summed E-state index contributed by atoms with van der Waals surface area (Å²) in [5.74, 6) is 0. The fourth-order valence-corrected chi connectivity index (χ4v) is 4.83. The third-order valence-corrected chi connectivity index (χ3v) is 5.91. The van der Waals surface area contributed by atoms with Crippen molar-refractivity contribution in [1.82, 2.24) is 0 Å². The first-order valence-corrected chi connectivity index (χ1v) is 10.1. The molecule has 0 aromatic heterocycles. The van der Waals surface area contributed by atoms with Crippen LogP contribution in [0.4, 0.5) is 11.4 Å². The summed E-state index contributed by atoms with van der Waals surface area (Å²) in [6, 6.07) is 12.0. The molecule has 2 aliphatic rings. The molecule has 7 nitrogen and oxygen atoms in total. The predicted molar refractivity (Wildman–Crippen MR) is 119 cm³/mol. The number of anilines is 2. The summed E-state index contributed by atoms with van der Waals surface area (Å²) in [4.78, 5) is 21.9. The van der Waals surface area contributed by atoms with E-state index in [1.807, 2.05) is 37.4 Å². The van der Waals surface area contributed by atoms with Crippen molar-refractivity contribution in [2.75, 3.05) is 10.6 Å². The number of fused-ring (bicyclic) bond motifs is 2. The highest BCUT2D eigenvalue weighted by atomic mass is 16.1. The van der Waals surface area contributed by atoms with Crippen molar-refractivity contribution in [2.45, 2.75) is 44.1 Å². The van der Waals surface area contributed by atoms with Crippen molar-refractivity contribution in [2.24, 2.45) is 15.9 Å². The lowest BCUT2D eigenvalue weighted by Crippen LogP contribution is -2.42. The lowest BCUT2D eigenvalue weighted by Gasteiger charge is -2.38. The van der Waals surface area contributed by atoms with Crippen LogP contribution in [0, 0.1) is 0 Å². The number of hydrogen-bond donors (Lipinski definition) is 3. The monoisotopic (exact) mass is 403 g/mol. The van der Waals surface area contributed by atoms with Gasteiger partial charge in [-0.1, -0.05) is 12.1 Å². The Hall–Kier alpha value is -3.32. The highest BCUT2D eigenvalue weighted by Gasteiger charge is 2.44. The molecule has 0 saturated carbocycles. The maximum Gasteiger partial charge on any atom is 0.211 e. The molecule has 30 heavy (non-hydrogen) atoms. The predicted octanol–water partition coefficient (Wildman–Crippen LogP) is 2.78. The number of benzene rings is 2. The van der Waals surface area contributed by atoms with Crippen molar-refractivity contribution >= 4 is 36.1 Å². The summed E-state index contributed by atoms with van der Waals surface area (Å²) in [5, 5.41) is 14.2. The summed E-state index contributed by atoms with van der Waals surface area (Å²) in [5.41, 5.74) is 13.0. The van der Waals surface area contributed by atoms with Crippen molar-refractivity contribution in [3.63, 3.8) is 0 Å². The summed E-state index contributed by atoms with van der Waals surface area (Å²) in [6.45, 7) is 2.01. The first-order chi connectivity index (χ1) is 14.6. The van der Waals surface area contributed by atoms with E-state index < -0.39 is 5.41 Å². The zero-order valence-electron chi connectivity index (χ0n) is 16.9. The first kappa shape index (κ1) is 20.0. The Labute approximate surface area is 175 Å². The molecule has 0 radical (unpaired) electrons. The number of aryl methyl sites for hydroxylation is 2. The van der Waals surface area contributed by atoms with Gasteiger partial charge in [0.05, 0.1) is 11.1 Å². The van der Waals surface area contributed by atoms with Gasteiger partial charge >= 0.3 is 0 Å². The third kappa shape index (κ3) is 3.41. The summed E-state index contributed by atoms with van der Waals surface area (Å²) in [7, 11) is 0. The molecule has 154 valence electrons. The van der Waals surface area contributed by atoms with Crippen LogP contribution in [-0.4, -0.2) is 30.8 Å². The van der Waals surface area contributed by atoms with Gasteiger partial charge < -0.3 is 16.4 Å². The van der Waals surface area contributed by atoms with Crippen LogP contribution in [0.3, 0.4) is 0 Å². The van der Waals surface area contributed by atoms with E-state index >= 15 is 0 Å². The third-order valence-electron chi connectivity index (χ3n) is 5.91. The minimum atomic E-state index is -0.523. The molecule has 1 aliphatic heterocycles. The minimum absolute atomic E-state index is 0.0762. The molecule has 2 aromatic rings. The van der Waals surface area contributed by atoms with Crippen LogP contribution in [0.25, 0.3) is 0 Å². The van der Waals surface area contributed by atoms with Gasteiger partial charge in [-0.3, -0.25) is 9.59 Å². The van der Waals surface area contributed by atoms with Gasteiger partial charge in [0, 0.05) is 30.1 Å². The number of nitrogens with zero attached hydrogens (tertiary/aromatic N) is 2. The Kier molecular flexibility index (Phi) is 5.46. The van der Waals surface area contributed by atoms with Gasteiger partial charge in [-0.2, -0.15) is 10.2 Å². The molecule has 0 fully saturated rings. The number of carbonyl (C=O) groups excluding carboxylic acids is 2. The molecule has 0 saturated heterocycles. The average Bonchev–Trinajstić information content (AvgIpc) is 3.23. The Balaban J connectivity index is 1.99. The Morgan fingerprint density at radius 1 is 1.03 bits per heavy atom. The first-order valence-electron chi connectivity index (χ1n) is 10.1. The van der Waals surface area contributed by atoms with E-state index in [4.69, 9.17) is 5.73 Å². The van der Waals surface area contributed by atoms with Crippen LogP contribution in [0.2, 0.25) is 0 Å². The van der Waals surface area contributed by atoms with Crippen LogP contribution >= 0.6 is 0 Å². The van der Waals surface area contributed by atoms with Crippen molar-refractivity contribution in [1.29, 1.82) is 0 Å². The molecule has 1 heterocycles. The topological polar surface area (TPSA) is 109 Å². The van der Waals surface area contributed by atoms with Crippen LogP contribution < -0.4 is 16.4 Å². The van der Waals surface area contributed by atoms with Gasteiger partial charge in [0.25, 0.3) is 0 Å². The largest absolute Gasteiger partial charge is 0.329 e.